The van der Waals surface area contributed by atoms with Gasteiger partial charge < -0.3 is 14.2 Å². The van der Waals surface area contributed by atoms with E-state index in [4.69, 9.17) is 0 Å². The van der Waals surface area contributed by atoms with Crippen LogP contribution in [0.4, 0.5) is 5.69 Å². The fourth-order valence-electron chi connectivity index (χ4n) is 3.52. The number of rotatable bonds is 7. The molecular formula is C20H24N4O8S2. The minimum absolute atomic E-state index is 0.0163. The number of piperidine rings is 1. The predicted molar refractivity (Wildman–Crippen MR) is 123 cm³/mol. The number of likely N-dealkylation sites (tertiary alicyclic amines) is 1. The topological polar surface area (TPSA) is 158 Å². The van der Waals surface area contributed by atoms with Crippen molar-refractivity contribution in [2.75, 3.05) is 31.7 Å². The highest BCUT2D eigenvalue weighted by atomic mass is 32.2. The second-order valence-corrected chi connectivity index (χ2v) is 11.1. The first-order chi connectivity index (χ1) is 16.0. The molecule has 2 amide bonds. The van der Waals surface area contributed by atoms with Crippen molar-refractivity contribution in [2.24, 2.45) is 10.9 Å². The highest BCUT2D eigenvalue weighted by Crippen LogP contribution is 2.23. The minimum Gasteiger partial charge on any atom is -0.468 e. The van der Waals surface area contributed by atoms with Crippen LogP contribution in [0.3, 0.4) is 0 Å². The number of carbonyl (C=O) groups excluding carboxylic acids is 3. The molecule has 1 aromatic carbocycles. The van der Waals surface area contributed by atoms with Gasteiger partial charge in [-0.25, -0.2) is 8.42 Å². The van der Waals surface area contributed by atoms with Gasteiger partial charge in [0.1, 0.15) is 18.1 Å². The van der Waals surface area contributed by atoms with Crippen molar-refractivity contribution in [2.45, 2.75) is 26.3 Å². The lowest BCUT2D eigenvalue weighted by Gasteiger charge is -2.30. The molecule has 2 aromatic rings. The van der Waals surface area contributed by atoms with Crippen LogP contribution in [0.15, 0.2) is 23.2 Å². The fourth-order valence-corrected chi connectivity index (χ4v) is 5.70. The van der Waals surface area contributed by atoms with Gasteiger partial charge in [0.15, 0.2) is 14.6 Å². The molecular weight excluding hydrogens is 488 g/mol. The van der Waals surface area contributed by atoms with Gasteiger partial charge in [0.25, 0.3) is 11.6 Å². The van der Waals surface area contributed by atoms with E-state index in [-0.39, 0.29) is 17.0 Å². The Kier molecular flexibility index (Phi) is 7.82. The van der Waals surface area contributed by atoms with Gasteiger partial charge in [-0.15, -0.1) is 0 Å². The maximum Gasteiger partial charge on any atom is 0.325 e. The van der Waals surface area contributed by atoms with E-state index in [1.807, 2.05) is 0 Å². The molecule has 0 N–H and O–H groups in total. The number of sulfone groups is 1. The van der Waals surface area contributed by atoms with Crippen LogP contribution in [0, 0.1) is 16.0 Å². The van der Waals surface area contributed by atoms with E-state index < -0.39 is 44.0 Å². The highest BCUT2D eigenvalue weighted by molar-refractivity contribution is 7.92. The summed E-state index contributed by atoms with van der Waals surface area (Å²) in [7, 11) is -2.89. The summed E-state index contributed by atoms with van der Waals surface area (Å²) in [6.45, 7) is 2.70. The summed E-state index contributed by atoms with van der Waals surface area (Å²) >= 11 is 0.892. The van der Waals surface area contributed by atoms with Crippen LogP contribution < -0.4 is 4.80 Å². The van der Waals surface area contributed by atoms with E-state index in [2.05, 4.69) is 16.7 Å². The molecule has 1 aliphatic rings. The lowest BCUT2D eigenvalue weighted by molar-refractivity contribution is -0.384. The standard InChI is InChI=1S/C20H24N4O8S2/c1-13-5-7-22(8-6-13)18(26)12-34(30,31)11-17(25)21-20-23(10-19(27)32-2)15-4-3-14(24(28)29)9-16(15)33-20/h3-4,9,13H,5-8,10-12H2,1-2H3. The van der Waals surface area contributed by atoms with Crippen LogP contribution in [0.25, 0.3) is 10.2 Å². The molecule has 1 fully saturated rings. The Morgan fingerprint density at radius 1 is 1.24 bits per heavy atom. The van der Waals surface area contributed by atoms with Gasteiger partial charge in [-0.3, -0.25) is 24.5 Å². The molecule has 12 nitrogen and oxygen atoms in total. The summed E-state index contributed by atoms with van der Waals surface area (Å²) < 4.78 is 31.3. The molecule has 0 spiro atoms. The number of non-ortho nitro benzene ring substituents is 1. The van der Waals surface area contributed by atoms with Crippen LogP contribution in [0.5, 0.6) is 0 Å². The molecule has 184 valence electrons. The summed E-state index contributed by atoms with van der Waals surface area (Å²) in [5.41, 5.74) is 0.204. The van der Waals surface area contributed by atoms with Crippen molar-refractivity contribution in [3.8, 4) is 0 Å². The Hall–Kier alpha value is -3.13. The first-order valence-electron chi connectivity index (χ1n) is 10.4. The maximum atomic E-state index is 12.5. The number of ether oxygens (including phenoxy) is 1. The van der Waals surface area contributed by atoms with E-state index in [1.165, 1.54) is 34.8 Å². The van der Waals surface area contributed by atoms with Crippen LogP contribution in [0.1, 0.15) is 19.8 Å². The number of hydrogen-bond acceptors (Lipinski definition) is 9. The number of nitro benzene ring substituents is 1. The number of nitrogens with zero attached hydrogens (tertiary/aromatic N) is 4. The van der Waals surface area contributed by atoms with Crippen LogP contribution in [-0.2, 0) is 35.5 Å². The van der Waals surface area contributed by atoms with Gasteiger partial charge in [-0.1, -0.05) is 18.3 Å². The van der Waals surface area contributed by atoms with Crippen molar-refractivity contribution >= 4 is 54.9 Å². The number of thiazole rings is 1. The SMILES string of the molecule is COC(=O)Cn1c(=NC(=O)CS(=O)(=O)CC(=O)N2CCC(C)CC2)sc2cc([N+](=O)[O-])ccc21. The van der Waals surface area contributed by atoms with Gasteiger partial charge >= 0.3 is 5.97 Å². The van der Waals surface area contributed by atoms with Crippen molar-refractivity contribution in [3.05, 3.63) is 33.1 Å². The normalized spacial score (nSPS) is 15.5. The van der Waals surface area contributed by atoms with Gasteiger partial charge in [-0.05, 0) is 24.8 Å². The zero-order valence-electron chi connectivity index (χ0n) is 18.6. The van der Waals surface area contributed by atoms with E-state index in [1.54, 1.807) is 0 Å². The molecule has 0 aliphatic carbocycles. The van der Waals surface area contributed by atoms with Crippen molar-refractivity contribution in [3.63, 3.8) is 0 Å². The number of fused-ring (bicyclic) bond motifs is 1. The Balaban J connectivity index is 1.84. The van der Waals surface area contributed by atoms with Gasteiger partial charge in [0.2, 0.25) is 5.91 Å². The van der Waals surface area contributed by atoms with Crippen molar-refractivity contribution in [1.29, 1.82) is 0 Å². The van der Waals surface area contributed by atoms with E-state index in [9.17, 15) is 32.9 Å². The smallest absolute Gasteiger partial charge is 0.325 e. The van der Waals surface area contributed by atoms with Gasteiger partial charge in [0.05, 0.1) is 22.2 Å². The summed E-state index contributed by atoms with van der Waals surface area (Å²) in [6, 6.07) is 3.92. The third-order valence-corrected chi connectivity index (χ3v) is 7.85. The molecule has 34 heavy (non-hydrogen) atoms. The number of nitro groups is 1. The number of esters is 1. The molecule has 0 radical (unpaired) electrons. The van der Waals surface area contributed by atoms with E-state index in [0.717, 1.165) is 24.2 Å². The van der Waals surface area contributed by atoms with Crippen LogP contribution >= 0.6 is 11.3 Å². The second-order valence-electron chi connectivity index (χ2n) is 8.06. The summed E-state index contributed by atoms with van der Waals surface area (Å²) in [5, 5.41) is 11.1. The first kappa shape index (κ1) is 25.5. The predicted octanol–water partition coefficient (Wildman–Crippen LogP) is 0.885. The zero-order chi connectivity index (χ0) is 25.0. The first-order valence-corrected chi connectivity index (χ1v) is 13.0. The van der Waals surface area contributed by atoms with E-state index >= 15 is 0 Å². The molecule has 0 unspecified atom stereocenters. The highest BCUT2D eigenvalue weighted by Gasteiger charge is 2.27. The van der Waals surface area contributed by atoms with Crippen molar-refractivity contribution in [1.82, 2.24) is 9.47 Å². The monoisotopic (exact) mass is 512 g/mol. The fraction of sp³-hybridized carbons (Fsp3) is 0.500. The lowest BCUT2D eigenvalue weighted by Crippen LogP contribution is -2.41. The molecule has 2 heterocycles. The van der Waals surface area contributed by atoms with Crippen LogP contribution in [0.2, 0.25) is 0 Å². The van der Waals surface area contributed by atoms with E-state index in [0.29, 0.717) is 29.2 Å². The maximum absolute atomic E-state index is 12.5. The minimum atomic E-state index is -4.07. The average molecular weight is 513 g/mol. The van der Waals surface area contributed by atoms with Crippen molar-refractivity contribution < 1.29 is 32.5 Å². The molecule has 1 aromatic heterocycles. The molecule has 14 heteroatoms. The zero-order valence-corrected chi connectivity index (χ0v) is 20.3. The number of carbonyl (C=O) groups is 3. The quantitative estimate of drug-likeness (QED) is 0.300. The largest absolute Gasteiger partial charge is 0.468 e. The summed E-state index contributed by atoms with van der Waals surface area (Å²) in [4.78, 5) is 52.5. The number of hydrogen-bond donors (Lipinski definition) is 0. The molecule has 0 bridgehead atoms. The van der Waals surface area contributed by atoms with Crippen LogP contribution in [-0.4, -0.2) is 72.3 Å². The third-order valence-electron chi connectivity index (χ3n) is 5.44. The Bertz CT molecular complexity index is 1300. The number of benzene rings is 1. The molecule has 1 saturated heterocycles. The number of amides is 2. The number of aromatic nitrogens is 1. The summed E-state index contributed by atoms with van der Waals surface area (Å²) in [6.07, 6.45) is 1.59. The van der Waals surface area contributed by atoms with Gasteiger partial charge in [0, 0.05) is 25.2 Å². The molecule has 3 rings (SSSR count). The Morgan fingerprint density at radius 3 is 2.53 bits per heavy atom. The van der Waals surface area contributed by atoms with Gasteiger partial charge in [-0.2, -0.15) is 4.99 Å². The Morgan fingerprint density at radius 2 is 1.91 bits per heavy atom. The summed E-state index contributed by atoms with van der Waals surface area (Å²) in [5.74, 6) is -3.50. The Labute approximate surface area is 198 Å². The lowest BCUT2D eigenvalue weighted by atomic mass is 9.99. The molecule has 0 atom stereocenters. The second kappa shape index (κ2) is 10.4. The average Bonchev–Trinajstić information content (AvgIpc) is 3.08. The number of methoxy groups -OCH3 is 1. The molecule has 1 aliphatic heterocycles. The third kappa shape index (κ3) is 6.26. The molecule has 0 saturated carbocycles.